The molecule has 0 aromatic rings. The van der Waals surface area contributed by atoms with E-state index >= 15 is 0 Å². The van der Waals surface area contributed by atoms with Gasteiger partial charge in [-0.3, -0.25) is 0 Å². The summed E-state index contributed by atoms with van der Waals surface area (Å²) in [5.74, 6) is 0. The van der Waals surface area contributed by atoms with Crippen molar-refractivity contribution in [1.29, 1.82) is 0 Å². The molecule has 0 saturated carbocycles. The van der Waals surface area contributed by atoms with Crippen molar-refractivity contribution in [1.82, 2.24) is 0 Å². The van der Waals surface area contributed by atoms with Crippen molar-refractivity contribution in [2.24, 2.45) is 0 Å². The van der Waals surface area contributed by atoms with Gasteiger partial charge in [0.1, 0.15) is 0 Å². The van der Waals surface area contributed by atoms with E-state index in [0.29, 0.717) is 0 Å². The van der Waals surface area contributed by atoms with Gasteiger partial charge in [0.15, 0.2) is 17.4 Å². The molecular weight excluding hydrogens is 505 g/mol. The summed E-state index contributed by atoms with van der Waals surface area (Å²) in [7, 11) is 0. The Morgan fingerprint density at radius 2 is 1.00 bits per heavy atom. The summed E-state index contributed by atoms with van der Waals surface area (Å²) in [5, 5.41) is 0. The van der Waals surface area contributed by atoms with Crippen molar-refractivity contribution in [3.63, 3.8) is 0 Å². The topological polar surface area (TPSA) is 0 Å². The average molecular weight is 513 g/mol. The van der Waals surface area contributed by atoms with Crippen molar-refractivity contribution >= 4 is 65.7 Å². The number of hydrogen-bond acceptors (Lipinski definition) is 0. The summed E-state index contributed by atoms with van der Waals surface area (Å²) >= 11 is 0. The minimum atomic E-state index is 0. The van der Waals surface area contributed by atoms with Crippen LogP contribution in [0.5, 0.6) is 0 Å². The standard InChI is InChI=1S/Al.Hf.Ni.Sb.Sn.8H. The Bertz CT molecular complexity index is 11.6. The quantitative estimate of drug-likeness (QED) is 0.299. The second-order valence-electron chi connectivity index (χ2n) is 0. The molecule has 34 valence electrons. The summed E-state index contributed by atoms with van der Waals surface area (Å²) in [6.07, 6.45) is 0. The fourth-order valence-corrected chi connectivity index (χ4v) is 0. The first-order valence-corrected chi connectivity index (χ1v) is 0. The van der Waals surface area contributed by atoms with Gasteiger partial charge in [0, 0.05) is 42.3 Å². The molecular formula is H8AlHfNiSbSn. The second-order valence-corrected chi connectivity index (χ2v) is 0. The fourth-order valence-electron chi connectivity index (χ4n) is 0. The molecule has 0 unspecified atom stereocenters. The van der Waals surface area contributed by atoms with E-state index in [4.69, 9.17) is 0 Å². The molecule has 0 nitrogen and oxygen atoms in total. The summed E-state index contributed by atoms with van der Waals surface area (Å²) < 4.78 is 0. The molecule has 2 radical (unpaired) electrons. The van der Waals surface area contributed by atoms with Crippen LogP contribution >= 0.6 is 0 Å². The van der Waals surface area contributed by atoms with Crippen LogP contribution in [0.4, 0.5) is 0 Å². The first-order valence-electron chi connectivity index (χ1n) is 0. The van der Waals surface area contributed by atoms with Crippen LogP contribution in [-0.2, 0) is 42.3 Å². The van der Waals surface area contributed by atoms with E-state index < -0.39 is 0 Å². The zero-order valence-electron chi connectivity index (χ0n) is 2.23. The van der Waals surface area contributed by atoms with Gasteiger partial charge in [-0.1, -0.05) is 0 Å². The third-order valence-electron chi connectivity index (χ3n) is 0. The third-order valence-corrected chi connectivity index (χ3v) is 0. The van der Waals surface area contributed by atoms with Crippen LogP contribution < -0.4 is 0 Å². The molecule has 0 atom stereocenters. The fraction of sp³-hybridized carbons (Fsp3) is 0. The Hall–Kier alpha value is 3.51. The second kappa shape index (κ2) is 25.8. The van der Waals surface area contributed by atoms with Crippen LogP contribution in [0, 0.1) is 0 Å². The average Bonchev–Trinajstić information content (AvgIpc) is 0. The molecule has 5 heteroatoms. The van der Waals surface area contributed by atoms with Crippen LogP contribution in [0.2, 0.25) is 0 Å². The Labute approximate surface area is 106 Å². The van der Waals surface area contributed by atoms with E-state index in [0.717, 1.165) is 0 Å². The summed E-state index contributed by atoms with van der Waals surface area (Å²) in [6.45, 7) is 0. The monoisotopic (exact) mass is 514 g/mol. The molecule has 0 bridgehead atoms. The molecule has 0 aliphatic rings. The Morgan fingerprint density at radius 3 is 1.00 bits per heavy atom. The summed E-state index contributed by atoms with van der Waals surface area (Å²) in [5.41, 5.74) is 0. The van der Waals surface area contributed by atoms with E-state index in [2.05, 4.69) is 0 Å². The molecule has 0 aliphatic carbocycles. The van der Waals surface area contributed by atoms with Crippen molar-refractivity contribution in [2.75, 3.05) is 0 Å². The van der Waals surface area contributed by atoms with E-state index in [1.165, 1.54) is 0 Å². The van der Waals surface area contributed by atoms with Crippen LogP contribution in [0.1, 0.15) is 0 Å². The number of hydrogen-bond donors (Lipinski definition) is 0. The maximum atomic E-state index is 0. The van der Waals surface area contributed by atoms with Crippen molar-refractivity contribution in [2.45, 2.75) is 0 Å². The van der Waals surface area contributed by atoms with Crippen molar-refractivity contribution in [3.05, 3.63) is 0 Å². The zero-order chi connectivity index (χ0) is 0. The van der Waals surface area contributed by atoms with Crippen molar-refractivity contribution in [3.8, 4) is 0 Å². The van der Waals surface area contributed by atoms with E-state index in [1.807, 2.05) is 0 Å². The van der Waals surface area contributed by atoms with E-state index in [9.17, 15) is 0 Å². The van der Waals surface area contributed by atoms with Gasteiger partial charge >= 0.3 is 48.3 Å². The summed E-state index contributed by atoms with van der Waals surface area (Å²) in [4.78, 5) is 0. The molecule has 0 spiro atoms. The molecule has 0 fully saturated rings. The molecule has 0 aromatic heterocycles. The van der Waals surface area contributed by atoms with Gasteiger partial charge in [-0.05, 0) is 0 Å². The molecule has 0 rings (SSSR count). The van der Waals surface area contributed by atoms with Crippen molar-refractivity contribution < 1.29 is 42.3 Å². The van der Waals surface area contributed by atoms with Crippen LogP contribution in [0.3, 0.4) is 0 Å². The molecule has 0 heterocycles. The van der Waals surface area contributed by atoms with Gasteiger partial charge in [0.05, 0.1) is 0 Å². The Kier molecular flexibility index (Phi) is 201. The van der Waals surface area contributed by atoms with Gasteiger partial charge in [-0.2, -0.15) is 0 Å². The molecule has 0 N–H and O–H groups in total. The predicted molar refractivity (Wildman–Crippen MR) is 28.4 cm³/mol. The first-order chi connectivity index (χ1) is 0. The van der Waals surface area contributed by atoms with E-state index in [1.54, 1.807) is 0 Å². The maximum absolute atomic E-state index is 0. The Balaban J connectivity index is 0. The van der Waals surface area contributed by atoms with Crippen LogP contribution in [0.25, 0.3) is 0 Å². The van der Waals surface area contributed by atoms with Crippen LogP contribution in [0.15, 0.2) is 0 Å². The molecule has 0 amide bonds. The van der Waals surface area contributed by atoms with Crippen LogP contribution in [-0.4, -0.2) is 65.7 Å². The molecule has 0 aromatic carbocycles. The SMILES string of the molecule is [AlH3].[Hf].[Ni].[SbH3].[SnH2]. The molecule has 0 aliphatic heterocycles. The van der Waals surface area contributed by atoms with Gasteiger partial charge in [0.25, 0.3) is 0 Å². The molecule has 0 saturated heterocycles. The summed E-state index contributed by atoms with van der Waals surface area (Å²) in [6, 6.07) is 0. The third kappa shape index (κ3) is 18.5. The number of rotatable bonds is 0. The first kappa shape index (κ1) is 38.9. The minimum absolute atomic E-state index is 0. The van der Waals surface area contributed by atoms with Gasteiger partial charge in [0.2, 0.25) is 0 Å². The Morgan fingerprint density at radius 1 is 1.00 bits per heavy atom. The molecule has 5 heavy (non-hydrogen) atoms. The van der Waals surface area contributed by atoms with E-state index in [-0.39, 0.29) is 108 Å². The van der Waals surface area contributed by atoms with Gasteiger partial charge in [-0.15, -0.1) is 0 Å². The normalized spacial score (nSPS) is 0. The zero-order valence-corrected chi connectivity index (χ0v) is 14.9. The van der Waals surface area contributed by atoms with Gasteiger partial charge in [-0.25, -0.2) is 0 Å². The predicted octanol–water partition coefficient (Wildman–Crippen LogP) is -3.29. The van der Waals surface area contributed by atoms with Gasteiger partial charge < -0.3 is 0 Å².